The maximum Gasteiger partial charge on any atom is 0.243 e. The number of carbonyl (C=O) groups excluding carboxylic acids is 1. The number of aromatic nitrogens is 1. The maximum atomic E-state index is 13.1. The molecule has 4 nitrogen and oxygen atoms in total. The van der Waals surface area contributed by atoms with E-state index in [1.807, 2.05) is 6.26 Å². The van der Waals surface area contributed by atoms with E-state index in [-0.39, 0.29) is 11.0 Å². The largest absolute Gasteiger partial charge is 0.320 e. The van der Waals surface area contributed by atoms with Crippen molar-refractivity contribution in [3.63, 3.8) is 0 Å². The van der Waals surface area contributed by atoms with Crippen LogP contribution in [-0.2, 0) is 4.79 Å². The van der Waals surface area contributed by atoms with Gasteiger partial charge in [-0.15, -0.1) is 0 Å². The SMILES string of the molecule is CSCCC(N)C(=O)Nc1nc2cc(F)c(F)cc2s1. The van der Waals surface area contributed by atoms with Crippen molar-refractivity contribution in [2.75, 3.05) is 17.3 Å². The number of carbonyl (C=O) groups is 1. The molecule has 1 aromatic heterocycles. The number of nitrogens with zero attached hydrogens (tertiary/aromatic N) is 1. The Balaban J connectivity index is 2.12. The van der Waals surface area contributed by atoms with Crippen LogP contribution < -0.4 is 11.1 Å². The summed E-state index contributed by atoms with van der Waals surface area (Å²) in [4.78, 5) is 15.8. The molecule has 1 unspecified atom stereocenters. The molecule has 1 aromatic carbocycles. The quantitative estimate of drug-likeness (QED) is 0.889. The highest BCUT2D eigenvalue weighted by atomic mass is 32.2. The number of rotatable bonds is 5. The van der Waals surface area contributed by atoms with E-state index in [1.54, 1.807) is 11.8 Å². The molecule has 1 heterocycles. The molecular formula is C12H13F2N3OS2. The summed E-state index contributed by atoms with van der Waals surface area (Å²) in [6.45, 7) is 0. The Labute approximate surface area is 122 Å². The summed E-state index contributed by atoms with van der Waals surface area (Å²) >= 11 is 2.68. The van der Waals surface area contributed by atoms with E-state index in [1.165, 1.54) is 0 Å². The molecule has 8 heteroatoms. The number of nitrogens with one attached hydrogen (secondary N) is 1. The van der Waals surface area contributed by atoms with Crippen LogP contribution in [0.25, 0.3) is 10.2 Å². The lowest BCUT2D eigenvalue weighted by Gasteiger charge is -2.09. The van der Waals surface area contributed by atoms with Crippen LogP contribution in [-0.4, -0.2) is 28.9 Å². The fourth-order valence-electron chi connectivity index (χ4n) is 1.55. The monoisotopic (exact) mass is 317 g/mol. The summed E-state index contributed by atoms with van der Waals surface area (Å²) in [5.41, 5.74) is 6.03. The van der Waals surface area contributed by atoms with E-state index in [0.29, 0.717) is 16.6 Å². The fourth-order valence-corrected chi connectivity index (χ4v) is 2.92. The highest BCUT2D eigenvalue weighted by molar-refractivity contribution is 7.98. The number of benzene rings is 1. The summed E-state index contributed by atoms with van der Waals surface area (Å²) in [5, 5.41) is 2.85. The molecule has 0 aliphatic heterocycles. The van der Waals surface area contributed by atoms with Gasteiger partial charge in [-0.1, -0.05) is 11.3 Å². The van der Waals surface area contributed by atoms with E-state index in [2.05, 4.69) is 10.3 Å². The number of thioether (sulfide) groups is 1. The lowest BCUT2D eigenvalue weighted by Crippen LogP contribution is -2.36. The van der Waals surface area contributed by atoms with Gasteiger partial charge in [-0.05, 0) is 24.5 Å². The van der Waals surface area contributed by atoms with Crippen molar-refractivity contribution in [1.82, 2.24) is 4.98 Å². The van der Waals surface area contributed by atoms with Gasteiger partial charge in [0, 0.05) is 6.07 Å². The lowest BCUT2D eigenvalue weighted by molar-refractivity contribution is -0.117. The number of nitrogens with two attached hydrogens (primary N) is 1. The highest BCUT2D eigenvalue weighted by Crippen LogP contribution is 2.27. The first-order chi connectivity index (χ1) is 9.51. The lowest BCUT2D eigenvalue weighted by atomic mass is 10.2. The second-order valence-corrected chi connectivity index (χ2v) is 6.15. The Morgan fingerprint density at radius 2 is 2.20 bits per heavy atom. The summed E-state index contributed by atoms with van der Waals surface area (Å²) in [6.07, 6.45) is 2.49. The smallest absolute Gasteiger partial charge is 0.243 e. The van der Waals surface area contributed by atoms with Gasteiger partial charge in [-0.3, -0.25) is 4.79 Å². The number of hydrogen-bond donors (Lipinski definition) is 2. The molecule has 1 amide bonds. The second-order valence-electron chi connectivity index (χ2n) is 4.13. The molecule has 3 N–H and O–H groups in total. The zero-order valence-corrected chi connectivity index (χ0v) is 12.3. The van der Waals surface area contributed by atoms with Gasteiger partial charge >= 0.3 is 0 Å². The molecule has 0 fully saturated rings. The summed E-state index contributed by atoms with van der Waals surface area (Å²) < 4.78 is 26.6. The first-order valence-corrected chi connectivity index (χ1v) is 8.03. The van der Waals surface area contributed by atoms with Gasteiger partial charge in [0.1, 0.15) is 0 Å². The second kappa shape index (κ2) is 6.47. The van der Waals surface area contributed by atoms with Crippen LogP contribution in [0.5, 0.6) is 0 Å². The minimum atomic E-state index is -0.961. The molecule has 0 spiro atoms. The predicted octanol–water partition coefficient (Wildman–Crippen LogP) is 2.59. The number of hydrogen-bond acceptors (Lipinski definition) is 5. The first-order valence-electron chi connectivity index (χ1n) is 5.82. The molecule has 0 radical (unpaired) electrons. The standard InChI is InChI=1S/C12H13F2N3OS2/c1-19-3-2-8(15)11(18)17-12-16-9-4-6(13)7(14)5-10(9)20-12/h4-5,8H,2-3,15H2,1H3,(H,16,17,18). The number of thiazole rings is 1. The topological polar surface area (TPSA) is 68.0 Å². The summed E-state index contributed by atoms with van der Waals surface area (Å²) in [7, 11) is 0. The van der Waals surface area contributed by atoms with Crippen molar-refractivity contribution in [2.24, 2.45) is 5.73 Å². The van der Waals surface area contributed by atoms with Crippen molar-refractivity contribution >= 4 is 44.4 Å². The molecule has 0 aliphatic carbocycles. The molecule has 20 heavy (non-hydrogen) atoms. The van der Waals surface area contributed by atoms with Crippen LogP contribution >= 0.6 is 23.1 Å². The van der Waals surface area contributed by atoms with Gasteiger partial charge in [0.25, 0.3) is 0 Å². The molecule has 1 atom stereocenters. The third-order valence-corrected chi connectivity index (χ3v) is 4.21. The van der Waals surface area contributed by atoms with E-state index in [0.717, 1.165) is 29.2 Å². The van der Waals surface area contributed by atoms with E-state index < -0.39 is 17.7 Å². The molecule has 2 aromatic rings. The number of amides is 1. The Morgan fingerprint density at radius 1 is 1.50 bits per heavy atom. The average molecular weight is 317 g/mol. The van der Waals surface area contributed by atoms with Gasteiger partial charge in [0.15, 0.2) is 16.8 Å². The fraction of sp³-hybridized carbons (Fsp3) is 0.333. The molecule has 108 valence electrons. The van der Waals surface area contributed by atoms with Crippen LogP contribution in [0.1, 0.15) is 6.42 Å². The van der Waals surface area contributed by atoms with Crippen LogP contribution in [0, 0.1) is 11.6 Å². The number of halogens is 2. The zero-order valence-electron chi connectivity index (χ0n) is 10.7. The minimum Gasteiger partial charge on any atom is -0.320 e. The molecule has 0 aliphatic rings. The van der Waals surface area contributed by atoms with Gasteiger partial charge in [-0.25, -0.2) is 13.8 Å². The Kier molecular flexibility index (Phi) is 4.90. The Bertz CT molecular complexity index is 593. The van der Waals surface area contributed by atoms with Gasteiger partial charge in [0.2, 0.25) is 5.91 Å². The third kappa shape index (κ3) is 3.44. The van der Waals surface area contributed by atoms with Crippen molar-refractivity contribution < 1.29 is 13.6 Å². The summed E-state index contributed by atoms with van der Waals surface area (Å²) in [6, 6.07) is 1.44. The minimum absolute atomic E-state index is 0.287. The van der Waals surface area contributed by atoms with Gasteiger partial charge in [-0.2, -0.15) is 11.8 Å². The molecule has 0 bridgehead atoms. The maximum absolute atomic E-state index is 13.1. The molecule has 0 saturated carbocycles. The summed E-state index contributed by atoms with van der Waals surface area (Å²) in [5.74, 6) is -1.46. The molecule has 0 saturated heterocycles. The van der Waals surface area contributed by atoms with Crippen LogP contribution in [0.2, 0.25) is 0 Å². The Morgan fingerprint density at radius 3 is 2.90 bits per heavy atom. The zero-order chi connectivity index (χ0) is 14.7. The van der Waals surface area contributed by atoms with E-state index in [4.69, 9.17) is 5.73 Å². The van der Waals surface area contributed by atoms with Gasteiger partial charge < -0.3 is 11.1 Å². The molecule has 2 rings (SSSR count). The van der Waals surface area contributed by atoms with Crippen LogP contribution in [0.4, 0.5) is 13.9 Å². The van der Waals surface area contributed by atoms with Crippen molar-refractivity contribution in [3.8, 4) is 0 Å². The van der Waals surface area contributed by atoms with Crippen molar-refractivity contribution in [2.45, 2.75) is 12.5 Å². The van der Waals surface area contributed by atoms with Crippen LogP contribution in [0.3, 0.4) is 0 Å². The average Bonchev–Trinajstić information content (AvgIpc) is 2.77. The van der Waals surface area contributed by atoms with Gasteiger partial charge in [0.05, 0.1) is 16.3 Å². The predicted molar refractivity (Wildman–Crippen MR) is 79.1 cm³/mol. The third-order valence-electron chi connectivity index (χ3n) is 2.63. The first kappa shape index (κ1) is 15.1. The molecular weight excluding hydrogens is 304 g/mol. The van der Waals surface area contributed by atoms with E-state index >= 15 is 0 Å². The highest BCUT2D eigenvalue weighted by Gasteiger charge is 2.16. The van der Waals surface area contributed by atoms with Crippen LogP contribution in [0.15, 0.2) is 12.1 Å². The normalized spacial score (nSPS) is 12.6. The number of anilines is 1. The number of fused-ring (bicyclic) bond motifs is 1. The van der Waals surface area contributed by atoms with Crippen molar-refractivity contribution in [1.29, 1.82) is 0 Å². The van der Waals surface area contributed by atoms with E-state index in [9.17, 15) is 13.6 Å². The Hall–Kier alpha value is -1.25. The van der Waals surface area contributed by atoms with Crippen molar-refractivity contribution in [3.05, 3.63) is 23.8 Å².